The van der Waals surface area contributed by atoms with Gasteiger partial charge in [0.1, 0.15) is 5.82 Å². The van der Waals surface area contributed by atoms with Crippen molar-refractivity contribution in [3.63, 3.8) is 0 Å². The molecule has 0 saturated carbocycles. The van der Waals surface area contributed by atoms with Gasteiger partial charge in [-0.2, -0.15) is 0 Å². The molecule has 0 spiro atoms. The molecule has 23 heavy (non-hydrogen) atoms. The molecule has 2 aromatic heterocycles. The summed E-state index contributed by atoms with van der Waals surface area (Å²) >= 11 is 1.30. The Morgan fingerprint density at radius 1 is 1.22 bits per heavy atom. The summed E-state index contributed by atoms with van der Waals surface area (Å²) in [5.41, 5.74) is -0.380. The Morgan fingerprint density at radius 2 is 1.87 bits per heavy atom. The molecular formula is C14H12FN3O3S2. The maximum atomic E-state index is 12.9. The first-order chi connectivity index (χ1) is 10.8. The molecule has 0 atom stereocenters. The fourth-order valence-electron chi connectivity index (χ4n) is 2.17. The number of thiazole rings is 1. The van der Waals surface area contributed by atoms with Crippen molar-refractivity contribution in [1.82, 2.24) is 9.38 Å². The molecule has 0 saturated heterocycles. The van der Waals surface area contributed by atoms with Gasteiger partial charge in [-0.3, -0.25) is 13.9 Å². The molecule has 0 fully saturated rings. The topological polar surface area (TPSA) is 80.5 Å². The van der Waals surface area contributed by atoms with Gasteiger partial charge in [-0.05, 0) is 38.1 Å². The zero-order valence-electron chi connectivity index (χ0n) is 12.2. The summed E-state index contributed by atoms with van der Waals surface area (Å²) in [4.78, 5) is 17.5. The fourth-order valence-corrected chi connectivity index (χ4v) is 4.34. The normalized spacial score (nSPS) is 11.8. The quantitative estimate of drug-likeness (QED) is 0.783. The number of rotatable bonds is 3. The van der Waals surface area contributed by atoms with Crippen LogP contribution in [0.5, 0.6) is 0 Å². The summed E-state index contributed by atoms with van der Waals surface area (Å²) in [5.74, 6) is -0.485. The van der Waals surface area contributed by atoms with Crippen molar-refractivity contribution in [2.45, 2.75) is 18.7 Å². The Hall–Kier alpha value is -2.26. The SMILES string of the molecule is Cc1cn2c(=O)c(S(=O)(=O)Nc3ccc(F)cc3)c(C)nc2s1. The lowest BCUT2D eigenvalue weighted by atomic mass is 10.3. The molecule has 3 rings (SSSR count). The third-order valence-electron chi connectivity index (χ3n) is 3.14. The second-order valence-corrected chi connectivity index (χ2v) is 7.77. The predicted octanol–water partition coefficient (Wildman–Crippen LogP) is 2.31. The first-order valence-corrected chi connectivity index (χ1v) is 8.86. The van der Waals surface area contributed by atoms with Crippen LogP contribution in [0.2, 0.25) is 0 Å². The fraction of sp³-hybridized carbons (Fsp3) is 0.143. The first kappa shape index (κ1) is 15.6. The van der Waals surface area contributed by atoms with E-state index in [0.717, 1.165) is 17.0 Å². The molecule has 0 radical (unpaired) electrons. The molecule has 0 bridgehead atoms. The number of sulfonamides is 1. The van der Waals surface area contributed by atoms with Crippen LogP contribution >= 0.6 is 11.3 Å². The van der Waals surface area contributed by atoms with E-state index in [2.05, 4.69) is 9.71 Å². The Labute approximate surface area is 135 Å². The van der Waals surface area contributed by atoms with E-state index < -0.39 is 26.3 Å². The molecule has 3 aromatic rings. The molecule has 120 valence electrons. The minimum atomic E-state index is -4.13. The standard InChI is InChI=1S/C14H12FN3O3S2/c1-8-7-18-13(19)12(9(2)16-14(18)22-8)23(20,21)17-11-5-3-10(15)4-6-11/h3-7,17H,1-2H3. The highest BCUT2D eigenvalue weighted by Gasteiger charge is 2.24. The molecule has 2 heterocycles. The van der Waals surface area contributed by atoms with E-state index >= 15 is 0 Å². The number of fused-ring (bicyclic) bond motifs is 1. The maximum Gasteiger partial charge on any atom is 0.279 e. The van der Waals surface area contributed by atoms with Crippen LogP contribution in [0, 0.1) is 19.7 Å². The van der Waals surface area contributed by atoms with Crippen LogP contribution in [0.4, 0.5) is 10.1 Å². The van der Waals surface area contributed by atoms with Crippen LogP contribution in [0.3, 0.4) is 0 Å². The average Bonchev–Trinajstić information content (AvgIpc) is 2.81. The Bertz CT molecular complexity index is 1050. The van der Waals surface area contributed by atoms with E-state index in [1.54, 1.807) is 13.1 Å². The van der Waals surface area contributed by atoms with Crippen molar-refractivity contribution < 1.29 is 12.8 Å². The summed E-state index contributed by atoms with van der Waals surface area (Å²) in [7, 11) is -4.13. The highest BCUT2D eigenvalue weighted by atomic mass is 32.2. The molecule has 6 nitrogen and oxygen atoms in total. The van der Waals surface area contributed by atoms with E-state index in [9.17, 15) is 17.6 Å². The van der Waals surface area contributed by atoms with E-state index in [-0.39, 0.29) is 11.4 Å². The number of aryl methyl sites for hydroxylation is 2. The largest absolute Gasteiger partial charge is 0.279 e. The van der Waals surface area contributed by atoms with E-state index in [0.29, 0.717) is 4.96 Å². The van der Waals surface area contributed by atoms with Crippen LogP contribution in [0.1, 0.15) is 10.6 Å². The number of nitrogens with zero attached hydrogens (tertiary/aromatic N) is 2. The van der Waals surface area contributed by atoms with Crippen molar-refractivity contribution in [3.05, 3.63) is 57.2 Å². The second-order valence-electron chi connectivity index (χ2n) is 4.94. The van der Waals surface area contributed by atoms with Gasteiger partial charge in [-0.25, -0.2) is 17.8 Å². The highest BCUT2D eigenvalue weighted by Crippen LogP contribution is 2.19. The summed E-state index contributed by atoms with van der Waals surface area (Å²) in [6.45, 7) is 3.27. The molecule has 1 aromatic carbocycles. The summed E-state index contributed by atoms with van der Waals surface area (Å²) in [5, 5.41) is 0. The van der Waals surface area contributed by atoms with Gasteiger partial charge in [0, 0.05) is 16.8 Å². The zero-order valence-corrected chi connectivity index (χ0v) is 13.8. The van der Waals surface area contributed by atoms with Gasteiger partial charge in [0.05, 0.1) is 5.69 Å². The van der Waals surface area contributed by atoms with E-state index in [4.69, 9.17) is 0 Å². The smallest absolute Gasteiger partial charge is 0.279 e. The van der Waals surface area contributed by atoms with Crippen LogP contribution in [-0.2, 0) is 10.0 Å². The first-order valence-electron chi connectivity index (χ1n) is 6.56. The third kappa shape index (κ3) is 2.84. The van der Waals surface area contributed by atoms with Gasteiger partial charge >= 0.3 is 0 Å². The number of halogens is 1. The highest BCUT2D eigenvalue weighted by molar-refractivity contribution is 7.92. The monoisotopic (exact) mass is 353 g/mol. The number of aromatic nitrogens is 2. The van der Waals surface area contributed by atoms with Crippen molar-refractivity contribution in [2.75, 3.05) is 4.72 Å². The van der Waals surface area contributed by atoms with Gasteiger partial charge in [0.25, 0.3) is 15.6 Å². The molecule has 9 heteroatoms. The van der Waals surface area contributed by atoms with Gasteiger partial charge in [-0.1, -0.05) is 0 Å². The van der Waals surface area contributed by atoms with Gasteiger partial charge in [0.15, 0.2) is 9.86 Å². The Morgan fingerprint density at radius 3 is 2.52 bits per heavy atom. The predicted molar refractivity (Wildman–Crippen MR) is 86.0 cm³/mol. The minimum absolute atomic E-state index is 0.117. The molecule has 0 aliphatic rings. The molecule has 0 unspecified atom stereocenters. The van der Waals surface area contributed by atoms with Gasteiger partial charge < -0.3 is 0 Å². The summed E-state index contributed by atoms with van der Waals surface area (Å²) in [6.07, 6.45) is 1.55. The minimum Gasteiger partial charge on any atom is -0.279 e. The number of benzene rings is 1. The maximum absolute atomic E-state index is 12.9. The lowest BCUT2D eigenvalue weighted by Crippen LogP contribution is -2.27. The van der Waals surface area contributed by atoms with Crippen LogP contribution in [0.15, 0.2) is 40.2 Å². The average molecular weight is 353 g/mol. The lowest BCUT2D eigenvalue weighted by Gasteiger charge is -2.09. The van der Waals surface area contributed by atoms with Crippen molar-refractivity contribution in [3.8, 4) is 0 Å². The summed E-state index contributed by atoms with van der Waals surface area (Å²) < 4.78 is 41.4. The molecule has 0 amide bonds. The summed E-state index contributed by atoms with van der Waals surface area (Å²) in [6, 6.07) is 4.81. The van der Waals surface area contributed by atoms with Crippen molar-refractivity contribution in [2.24, 2.45) is 0 Å². The number of nitrogens with one attached hydrogen (secondary N) is 1. The zero-order chi connectivity index (χ0) is 16.8. The van der Waals surface area contributed by atoms with E-state index in [1.165, 1.54) is 34.8 Å². The van der Waals surface area contributed by atoms with Crippen LogP contribution in [-0.4, -0.2) is 17.8 Å². The molecular weight excluding hydrogens is 341 g/mol. The third-order valence-corrected chi connectivity index (χ3v) is 5.55. The Kier molecular flexibility index (Phi) is 3.69. The van der Waals surface area contributed by atoms with Crippen LogP contribution in [0.25, 0.3) is 4.96 Å². The van der Waals surface area contributed by atoms with Crippen molar-refractivity contribution in [1.29, 1.82) is 0 Å². The Balaban J connectivity index is 2.14. The second kappa shape index (κ2) is 5.43. The van der Waals surface area contributed by atoms with Crippen molar-refractivity contribution >= 4 is 32.0 Å². The molecule has 1 N–H and O–H groups in total. The van der Waals surface area contributed by atoms with Gasteiger partial charge in [-0.15, -0.1) is 11.3 Å². The lowest BCUT2D eigenvalue weighted by molar-refractivity contribution is 0.598. The molecule has 0 aliphatic heterocycles. The van der Waals surface area contributed by atoms with Gasteiger partial charge in [0.2, 0.25) is 0 Å². The molecule has 0 aliphatic carbocycles. The number of hydrogen-bond acceptors (Lipinski definition) is 5. The van der Waals surface area contributed by atoms with Crippen LogP contribution < -0.4 is 10.3 Å². The number of hydrogen-bond donors (Lipinski definition) is 1. The number of anilines is 1. The van der Waals surface area contributed by atoms with E-state index in [1.807, 2.05) is 0 Å².